The number of hydrogen-bond acceptors (Lipinski definition) is 3. The largest absolute Gasteiger partial charge is 0.415 e. The van der Waals surface area contributed by atoms with Crippen molar-refractivity contribution in [3.8, 4) is 5.75 Å². The molecule has 1 aromatic carbocycles. The lowest BCUT2D eigenvalue weighted by atomic mass is 10.0. The first kappa shape index (κ1) is 11.3. The highest BCUT2D eigenvalue weighted by molar-refractivity contribution is 5.82. The Balaban J connectivity index is 1.61. The number of amides is 1. The highest BCUT2D eigenvalue weighted by atomic mass is 16.6. The average Bonchev–Trinajstić information content (AvgIpc) is 2.87. The van der Waals surface area contributed by atoms with Gasteiger partial charge >= 0.3 is 6.09 Å². The highest BCUT2D eigenvalue weighted by Crippen LogP contribution is 2.36. The quantitative estimate of drug-likeness (QED) is 0.761. The average molecular weight is 245 g/mol. The van der Waals surface area contributed by atoms with Gasteiger partial charge in [0, 0.05) is 25.9 Å². The molecule has 18 heavy (non-hydrogen) atoms. The fourth-order valence-corrected chi connectivity index (χ4v) is 2.87. The maximum absolute atomic E-state index is 11.9. The van der Waals surface area contributed by atoms with Gasteiger partial charge in [0.1, 0.15) is 11.5 Å². The molecule has 2 atom stereocenters. The number of Topliss-reactive ketones (excluding diaryl/α,β-unsaturated/α-hetero) is 1. The van der Waals surface area contributed by atoms with E-state index in [4.69, 9.17) is 4.74 Å². The Morgan fingerprint density at radius 3 is 2.33 bits per heavy atom. The second kappa shape index (κ2) is 4.44. The van der Waals surface area contributed by atoms with Gasteiger partial charge < -0.3 is 9.64 Å². The SMILES string of the molecule is O=C1CC2CN(C(=O)Oc3ccccc3)CC2C1. The molecular weight excluding hydrogens is 230 g/mol. The number of likely N-dealkylation sites (tertiary alicyclic amines) is 1. The molecule has 1 saturated heterocycles. The molecule has 2 aliphatic rings. The molecule has 4 heteroatoms. The van der Waals surface area contributed by atoms with Crippen LogP contribution in [0.1, 0.15) is 12.8 Å². The number of carbonyl (C=O) groups is 2. The van der Waals surface area contributed by atoms with Gasteiger partial charge in [-0.15, -0.1) is 0 Å². The van der Waals surface area contributed by atoms with Crippen LogP contribution in [0.5, 0.6) is 5.75 Å². The number of fused-ring (bicyclic) bond motifs is 1. The minimum atomic E-state index is -0.303. The van der Waals surface area contributed by atoms with Crippen LogP contribution in [0.25, 0.3) is 0 Å². The summed E-state index contributed by atoms with van der Waals surface area (Å²) in [5.41, 5.74) is 0. The zero-order valence-electron chi connectivity index (χ0n) is 10.0. The Morgan fingerprint density at radius 2 is 1.72 bits per heavy atom. The van der Waals surface area contributed by atoms with Gasteiger partial charge in [0.15, 0.2) is 0 Å². The first-order valence-corrected chi connectivity index (χ1v) is 6.26. The summed E-state index contributed by atoms with van der Waals surface area (Å²) in [7, 11) is 0. The first-order chi connectivity index (χ1) is 8.72. The second-order valence-corrected chi connectivity index (χ2v) is 5.05. The molecule has 1 aromatic rings. The number of benzene rings is 1. The smallest absolute Gasteiger partial charge is 0.410 e. The molecule has 2 fully saturated rings. The minimum Gasteiger partial charge on any atom is -0.410 e. The fraction of sp³-hybridized carbons (Fsp3) is 0.429. The molecule has 4 nitrogen and oxygen atoms in total. The summed E-state index contributed by atoms with van der Waals surface area (Å²) >= 11 is 0. The van der Waals surface area contributed by atoms with Crippen molar-refractivity contribution in [1.29, 1.82) is 0 Å². The van der Waals surface area contributed by atoms with E-state index in [1.807, 2.05) is 18.2 Å². The van der Waals surface area contributed by atoms with Gasteiger partial charge in [-0.3, -0.25) is 4.79 Å². The van der Waals surface area contributed by atoms with E-state index in [0.29, 0.717) is 49.3 Å². The van der Waals surface area contributed by atoms with Gasteiger partial charge in [0.25, 0.3) is 0 Å². The monoisotopic (exact) mass is 245 g/mol. The Hall–Kier alpha value is -1.84. The zero-order chi connectivity index (χ0) is 12.5. The van der Waals surface area contributed by atoms with Gasteiger partial charge in [0.05, 0.1) is 0 Å². The van der Waals surface area contributed by atoms with Crippen LogP contribution in [0.4, 0.5) is 4.79 Å². The number of ether oxygens (including phenoxy) is 1. The third kappa shape index (κ3) is 2.10. The summed E-state index contributed by atoms with van der Waals surface area (Å²) in [5, 5.41) is 0. The van der Waals surface area contributed by atoms with Gasteiger partial charge in [-0.25, -0.2) is 4.79 Å². The molecule has 0 N–H and O–H groups in total. The van der Waals surface area contributed by atoms with Crippen molar-refractivity contribution in [2.24, 2.45) is 11.8 Å². The number of nitrogens with zero attached hydrogens (tertiary/aromatic N) is 1. The van der Waals surface area contributed by atoms with E-state index in [-0.39, 0.29) is 6.09 Å². The molecule has 0 aromatic heterocycles. The van der Waals surface area contributed by atoms with Crippen molar-refractivity contribution in [1.82, 2.24) is 4.90 Å². The molecule has 94 valence electrons. The summed E-state index contributed by atoms with van der Waals surface area (Å²) in [5.74, 6) is 1.60. The molecule has 0 spiro atoms. The Labute approximate surface area is 106 Å². The van der Waals surface area contributed by atoms with Crippen LogP contribution in [-0.4, -0.2) is 29.9 Å². The normalized spacial score (nSPS) is 26.2. The van der Waals surface area contributed by atoms with Crippen molar-refractivity contribution >= 4 is 11.9 Å². The highest BCUT2D eigenvalue weighted by Gasteiger charge is 2.42. The summed E-state index contributed by atoms with van der Waals surface area (Å²) < 4.78 is 5.29. The Bertz CT molecular complexity index is 455. The molecule has 1 amide bonds. The number of hydrogen-bond donors (Lipinski definition) is 0. The van der Waals surface area contributed by atoms with E-state index in [9.17, 15) is 9.59 Å². The van der Waals surface area contributed by atoms with Crippen LogP contribution in [0, 0.1) is 11.8 Å². The fourth-order valence-electron chi connectivity index (χ4n) is 2.87. The van der Waals surface area contributed by atoms with E-state index in [1.54, 1.807) is 17.0 Å². The number of carbonyl (C=O) groups excluding carboxylic acids is 2. The lowest BCUT2D eigenvalue weighted by molar-refractivity contribution is -0.117. The van der Waals surface area contributed by atoms with E-state index < -0.39 is 0 Å². The Kier molecular flexibility index (Phi) is 2.78. The lowest BCUT2D eigenvalue weighted by Gasteiger charge is -2.16. The van der Waals surface area contributed by atoms with Crippen molar-refractivity contribution < 1.29 is 14.3 Å². The predicted molar refractivity (Wildman–Crippen MR) is 65.3 cm³/mol. The molecule has 3 rings (SSSR count). The lowest BCUT2D eigenvalue weighted by Crippen LogP contribution is -2.32. The molecule has 1 aliphatic carbocycles. The van der Waals surface area contributed by atoms with Gasteiger partial charge in [-0.2, -0.15) is 0 Å². The molecule has 2 unspecified atom stereocenters. The van der Waals surface area contributed by atoms with E-state index >= 15 is 0 Å². The molecule has 1 aliphatic heterocycles. The minimum absolute atomic E-state index is 0.303. The van der Waals surface area contributed by atoms with Crippen LogP contribution in [0.3, 0.4) is 0 Å². The zero-order valence-corrected chi connectivity index (χ0v) is 10.0. The van der Waals surface area contributed by atoms with Crippen molar-refractivity contribution in [3.05, 3.63) is 30.3 Å². The van der Waals surface area contributed by atoms with E-state index in [1.165, 1.54) is 0 Å². The first-order valence-electron chi connectivity index (χ1n) is 6.26. The molecule has 0 radical (unpaired) electrons. The third-order valence-electron chi connectivity index (χ3n) is 3.76. The van der Waals surface area contributed by atoms with Crippen LogP contribution in [0.15, 0.2) is 30.3 Å². The second-order valence-electron chi connectivity index (χ2n) is 5.05. The maximum Gasteiger partial charge on any atom is 0.415 e. The van der Waals surface area contributed by atoms with Crippen LogP contribution in [-0.2, 0) is 4.79 Å². The van der Waals surface area contributed by atoms with E-state index in [0.717, 1.165) is 0 Å². The number of para-hydroxylation sites is 1. The van der Waals surface area contributed by atoms with Gasteiger partial charge in [0.2, 0.25) is 0 Å². The van der Waals surface area contributed by atoms with E-state index in [2.05, 4.69) is 0 Å². The Morgan fingerprint density at radius 1 is 1.11 bits per heavy atom. The molecule has 1 heterocycles. The van der Waals surface area contributed by atoms with Gasteiger partial charge in [-0.1, -0.05) is 18.2 Å². The van der Waals surface area contributed by atoms with Crippen LogP contribution < -0.4 is 4.74 Å². The van der Waals surface area contributed by atoms with Crippen molar-refractivity contribution in [2.45, 2.75) is 12.8 Å². The summed E-state index contributed by atoms with van der Waals surface area (Å²) in [6, 6.07) is 9.07. The van der Waals surface area contributed by atoms with Crippen molar-refractivity contribution in [2.75, 3.05) is 13.1 Å². The van der Waals surface area contributed by atoms with Crippen LogP contribution >= 0.6 is 0 Å². The number of rotatable bonds is 1. The topological polar surface area (TPSA) is 46.6 Å². The van der Waals surface area contributed by atoms with Gasteiger partial charge in [-0.05, 0) is 24.0 Å². The third-order valence-corrected chi connectivity index (χ3v) is 3.76. The predicted octanol–water partition coefficient (Wildman–Crippen LogP) is 2.10. The number of ketones is 1. The molecule has 0 bridgehead atoms. The standard InChI is InChI=1S/C14H15NO3/c16-12-6-10-8-15(9-11(10)7-12)14(17)18-13-4-2-1-3-5-13/h1-5,10-11H,6-9H2. The summed E-state index contributed by atoms with van der Waals surface area (Å²) in [4.78, 5) is 25.0. The summed E-state index contributed by atoms with van der Waals surface area (Å²) in [6.45, 7) is 1.31. The molecular formula is C14H15NO3. The van der Waals surface area contributed by atoms with Crippen molar-refractivity contribution in [3.63, 3.8) is 0 Å². The molecule has 1 saturated carbocycles. The maximum atomic E-state index is 11.9. The summed E-state index contributed by atoms with van der Waals surface area (Å²) in [6.07, 6.45) is 0.947. The van der Waals surface area contributed by atoms with Crippen LogP contribution in [0.2, 0.25) is 0 Å².